The standard InChI is InChI=1S/C17H19N5O2/c1-10(2)19-17(24)14(9-18)16(23)15-12(4)22(21-20-15)13-7-5-11(3)6-8-13/h5-8,10,14H,1-4H3,(H,19,24)/t14-/m0/s1. The molecule has 1 aromatic carbocycles. The van der Waals surface area contributed by atoms with Gasteiger partial charge in [-0.2, -0.15) is 5.26 Å². The van der Waals surface area contributed by atoms with E-state index in [0.29, 0.717) is 5.69 Å². The molecule has 0 saturated heterocycles. The second-order valence-electron chi connectivity index (χ2n) is 5.86. The number of carbonyl (C=O) groups is 2. The summed E-state index contributed by atoms with van der Waals surface area (Å²) < 4.78 is 1.52. The van der Waals surface area contributed by atoms with Gasteiger partial charge in [-0.05, 0) is 39.8 Å². The van der Waals surface area contributed by atoms with Gasteiger partial charge in [0, 0.05) is 6.04 Å². The summed E-state index contributed by atoms with van der Waals surface area (Å²) in [6.45, 7) is 7.17. The van der Waals surface area contributed by atoms with Crippen molar-refractivity contribution in [1.82, 2.24) is 20.3 Å². The van der Waals surface area contributed by atoms with Crippen LogP contribution in [0.5, 0.6) is 0 Å². The Kier molecular flexibility index (Phi) is 5.09. The molecule has 0 fully saturated rings. The molecular formula is C17H19N5O2. The Morgan fingerprint density at radius 2 is 1.83 bits per heavy atom. The summed E-state index contributed by atoms with van der Waals surface area (Å²) in [7, 11) is 0. The maximum absolute atomic E-state index is 12.5. The first kappa shape index (κ1) is 17.3. The summed E-state index contributed by atoms with van der Waals surface area (Å²) in [5.74, 6) is -2.71. The maximum atomic E-state index is 12.5. The molecule has 1 N–H and O–H groups in total. The smallest absolute Gasteiger partial charge is 0.245 e. The van der Waals surface area contributed by atoms with E-state index in [1.165, 1.54) is 4.68 Å². The number of hydrogen-bond donors (Lipinski definition) is 1. The number of ketones is 1. The molecule has 0 bridgehead atoms. The zero-order valence-corrected chi connectivity index (χ0v) is 14.1. The topological polar surface area (TPSA) is 101 Å². The van der Waals surface area contributed by atoms with Gasteiger partial charge in [-0.15, -0.1) is 5.10 Å². The molecule has 7 heteroatoms. The Bertz CT molecular complexity index is 799. The first-order valence-corrected chi connectivity index (χ1v) is 7.58. The zero-order chi connectivity index (χ0) is 17.9. The maximum Gasteiger partial charge on any atom is 0.245 e. The van der Waals surface area contributed by atoms with E-state index in [1.807, 2.05) is 31.2 Å². The van der Waals surface area contributed by atoms with Crippen molar-refractivity contribution in [2.75, 3.05) is 0 Å². The van der Waals surface area contributed by atoms with Crippen molar-refractivity contribution in [2.24, 2.45) is 5.92 Å². The molecule has 1 amide bonds. The van der Waals surface area contributed by atoms with Crippen LogP contribution in [0.4, 0.5) is 0 Å². The van der Waals surface area contributed by atoms with Gasteiger partial charge in [0.15, 0.2) is 11.6 Å². The molecule has 0 aliphatic carbocycles. The van der Waals surface area contributed by atoms with Crippen molar-refractivity contribution in [3.63, 3.8) is 0 Å². The number of nitriles is 1. The summed E-state index contributed by atoms with van der Waals surface area (Å²) in [5, 5.41) is 19.6. The van der Waals surface area contributed by atoms with Crippen LogP contribution in [0, 0.1) is 31.1 Å². The van der Waals surface area contributed by atoms with Crippen LogP contribution in [0.1, 0.15) is 35.6 Å². The fraction of sp³-hybridized carbons (Fsp3) is 0.353. The molecule has 1 heterocycles. The van der Waals surface area contributed by atoms with Gasteiger partial charge in [0.25, 0.3) is 0 Å². The first-order valence-electron chi connectivity index (χ1n) is 7.58. The molecule has 0 spiro atoms. The molecule has 0 saturated carbocycles. The van der Waals surface area contributed by atoms with E-state index in [2.05, 4.69) is 15.6 Å². The molecule has 0 aliphatic heterocycles. The molecule has 1 aromatic heterocycles. The van der Waals surface area contributed by atoms with Crippen LogP contribution in [0.15, 0.2) is 24.3 Å². The average Bonchev–Trinajstić information content (AvgIpc) is 2.89. The molecule has 0 aliphatic rings. The molecule has 2 rings (SSSR count). The summed E-state index contributed by atoms with van der Waals surface area (Å²) in [6, 6.07) is 9.15. The van der Waals surface area contributed by atoms with Gasteiger partial charge in [-0.25, -0.2) is 4.68 Å². The highest BCUT2D eigenvalue weighted by molar-refractivity contribution is 6.11. The van der Waals surface area contributed by atoms with Crippen LogP contribution >= 0.6 is 0 Å². The molecule has 124 valence electrons. The van der Waals surface area contributed by atoms with Crippen LogP contribution in [0.3, 0.4) is 0 Å². The Labute approximate surface area is 140 Å². The van der Waals surface area contributed by atoms with Crippen LogP contribution in [-0.4, -0.2) is 32.7 Å². The lowest BCUT2D eigenvalue weighted by molar-refractivity contribution is -0.122. The van der Waals surface area contributed by atoms with E-state index in [4.69, 9.17) is 0 Å². The number of nitrogens with zero attached hydrogens (tertiary/aromatic N) is 4. The lowest BCUT2D eigenvalue weighted by Crippen LogP contribution is -2.38. The number of Topliss-reactive ketones (excluding diaryl/α,β-unsaturated/α-hetero) is 1. The van der Waals surface area contributed by atoms with Crippen LogP contribution in [0.2, 0.25) is 0 Å². The molecule has 2 aromatic rings. The van der Waals surface area contributed by atoms with Crippen molar-refractivity contribution in [3.05, 3.63) is 41.2 Å². The third kappa shape index (κ3) is 3.49. The second kappa shape index (κ2) is 7.04. The van der Waals surface area contributed by atoms with Crippen molar-refractivity contribution < 1.29 is 9.59 Å². The predicted octanol–water partition coefficient (Wildman–Crippen LogP) is 1.73. The highest BCUT2D eigenvalue weighted by atomic mass is 16.2. The Morgan fingerprint density at radius 3 is 2.38 bits per heavy atom. The van der Waals surface area contributed by atoms with Crippen molar-refractivity contribution in [2.45, 2.75) is 33.7 Å². The number of nitrogens with one attached hydrogen (secondary N) is 1. The van der Waals surface area contributed by atoms with Crippen molar-refractivity contribution in [3.8, 4) is 11.8 Å². The molecule has 24 heavy (non-hydrogen) atoms. The predicted molar refractivity (Wildman–Crippen MR) is 87.5 cm³/mol. The number of aromatic nitrogens is 3. The van der Waals surface area contributed by atoms with Gasteiger partial charge in [0.2, 0.25) is 11.7 Å². The molecule has 0 unspecified atom stereocenters. The zero-order valence-electron chi connectivity index (χ0n) is 14.1. The van der Waals surface area contributed by atoms with Gasteiger partial charge >= 0.3 is 0 Å². The largest absolute Gasteiger partial charge is 0.352 e. The summed E-state index contributed by atoms with van der Waals surface area (Å²) >= 11 is 0. The number of rotatable bonds is 5. The number of amides is 1. The minimum absolute atomic E-state index is 0.0287. The molecule has 7 nitrogen and oxygen atoms in total. The molecular weight excluding hydrogens is 306 g/mol. The van der Waals surface area contributed by atoms with Gasteiger partial charge in [0.05, 0.1) is 17.5 Å². The van der Waals surface area contributed by atoms with Gasteiger partial charge < -0.3 is 5.32 Å². The van der Waals surface area contributed by atoms with E-state index in [-0.39, 0.29) is 11.7 Å². The fourth-order valence-corrected chi connectivity index (χ4v) is 2.23. The third-order valence-corrected chi connectivity index (χ3v) is 3.49. The van der Waals surface area contributed by atoms with E-state index < -0.39 is 17.6 Å². The number of benzene rings is 1. The highest BCUT2D eigenvalue weighted by Gasteiger charge is 2.31. The van der Waals surface area contributed by atoms with Crippen LogP contribution < -0.4 is 5.32 Å². The van der Waals surface area contributed by atoms with Gasteiger partial charge in [-0.3, -0.25) is 9.59 Å². The van der Waals surface area contributed by atoms with E-state index >= 15 is 0 Å². The lowest BCUT2D eigenvalue weighted by atomic mass is 10.0. The summed E-state index contributed by atoms with van der Waals surface area (Å²) in [6.07, 6.45) is 0. The van der Waals surface area contributed by atoms with Gasteiger partial charge in [-0.1, -0.05) is 22.9 Å². The number of carbonyl (C=O) groups excluding carboxylic acids is 2. The second-order valence-corrected chi connectivity index (χ2v) is 5.86. The minimum atomic E-state index is -1.44. The van der Waals surface area contributed by atoms with Crippen LogP contribution in [0.25, 0.3) is 5.69 Å². The average molecular weight is 325 g/mol. The Hall–Kier alpha value is -3.01. The molecule has 1 atom stereocenters. The highest BCUT2D eigenvalue weighted by Crippen LogP contribution is 2.16. The molecule has 0 radical (unpaired) electrons. The van der Waals surface area contributed by atoms with E-state index in [0.717, 1.165) is 11.3 Å². The van der Waals surface area contributed by atoms with Crippen molar-refractivity contribution >= 4 is 11.7 Å². The monoisotopic (exact) mass is 325 g/mol. The Morgan fingerprint density at radius 1 is 1.21 bits per heavy atom. The summed E-state index contributed by atoms with van der Waals surface area (Å²) in [5.41, 5.74) is 2.37. The minimum Gasteiger partial charge on any atom is -0.352 e. The van der Waals surface area contributed by atoms with Crippen LogP contribution in [-0.2, 0) is 4.79 Å². The van der Waals surface area contributed by atoms with E-state index in [1.54, 1.807) is 26.8 Å². The van der Waals surface area contributed by atoms with E-state index in [9.17, 15) is 14.9 Å². The van der Waals surface area contributed by atoms with Gasteiger partial charge in [0.1, 0.15) is 0 Å². The Balaban J connectivity index is 2.32. The SMILES string of the molecule is Cc1ccc(-n2nnc(C(=O)[C@H](C#N)C(=O)NC(C)C)c2C)cc1. The first-order chi connectivity index (χ1) is 11.3. The van der Waals surface area contributed by atoms with Crippen molar-refractivity contribution in [1.29, 1.82) is 5.26 Å². The number of aryl methyl sites for hydroxylation is 1. The summed E-state index contributed by atoms with van der Waals surface area (Å²) in [4.78, 5) is 24.5. The lowest BCUT2D eigenvalue weighted by Gasteiger charge is -2.11. The normalized spacial score (nSPS) is 11.8. The fourth-order valence-electron chi connectivity index (χ4n) is 2.23. The number of hydrogen-bond acceptors (Lipinski definition) is 5. The third-order valence-electron chi connectivity index (χ3n) is 3.49. The quantitative estimate of drug-likeness (QED) is 0.666.